The van der Waals surface area contributed by atoms with E-state index in [4.69, 9.17) is 34.8 Å². The first-order valence-electron chi connectivity index (χ1n) is 5.60. The molecule has 0 aliphatic heterocycles. The molecule has 7 heteroatoms. The topological polar surface area (TPSA) is 124 Å². The van der Waals surface area contributed by atoms with Gasteiger partial charge < -0.3 is 25.2 Å². The summed E-state index contributed by atoms with van der Waals surface area (Å²) in [6, 6.07) is 0. The molecule has 0 bridgehead atoms. The third-order valence-electron chi connectivity index (χ3n) is 1.22. The number of carboxylic acids is 2. The van der Waals surface area contributed by atoms with E-state index in [1.165, 1.54) is 0 Å². The van der Waals surface area contributed by atoms with Crippen LogP contribution in [0.15, 0.2) is 0 Å². The normalized spacial score (nSPS) is 10.5. The Kier molecular flexibility index (Phi) is 12.9. The average Bonchev–Trinajstić information content (AvgIpc) is 2.13. The average molecular weight is 282 g/mol. The second-order valence-electron chi connectivity index (χ2n) is 5.02. The van der Waals surface area contributed by atoms with Crippen LogP contribution in [0, 0.1) is 0 Å². The van der Waals surface area contributed by atoms with E-state index in [1.807, 2.05) is 20.8 Å². The molecule has 0 atom stereocenters. The highest BCUT2D eigenvalue weighted by Gasteiger charge is 2.28. The molecule has 0 saturated carbocycles. The Hall–Kier alpha value is -1.18. The highest BCUT2D eigenvalue weighted by molar-refractivity contribution is 5.63. The van der Waals surface area contributed by atoms with Crippen molar-refractivity contribution in [3.8, 4) is 0 Å². The van der Waals surface area contributed by atoms with Crippen LogP contribution < -0.4 is 0 Å². The van der Waals surface area contributed by atoms with Gasteiger partial charge in [-0.25, -0.2) is 0 Å². The Labute approximate surface area is 113 Å². The predicted octanol–water partition coefficient (Wildman–Crippen LogP) is 0.727. The van der Waals surface area contributed by atoms with Crippen LogP contribution in [0.2, 0.25) is 0 Å². The summed E-state index contributed by atoms with van der Waals surface area (Å²) in [4.78, 5) is 18.0. The molecule has 19 heavy (non-hydrogen) atoms. The molecule has 0 fully saturated rings. The van der Waals surface area contributed by atoms with Crippen molar-refractivity contribution in [3.63, 3.8) is 0 Å². The van der Waals surface area contributed by atoms with Crippen molar-refractivity contribution in [1.29, 1.82) is 0 Å². The van der Waals surface area contributed by atoms with E-state index in [2.05, 4.69) is 0 Å². The minimum absolute atomic E-state index is 0.166. The second kappa shape index (κ2) is 10.7. The van der Waals surface area contributed by atoms with Crippen LogP contribution in [-0.4, -0.2) is 56.8 Å². The first-order chi connectivity index (χ1) is 8.29. The summed E-state index contributed by atoms with van der Waals surface area (Å²) in [5.41, 5.74) is -1.15. The molecule has 116 valence electrons. The number of hydrogen-bond donors (Lipinski definition) is 4. The summed E-state index contributed by atoms with van der Waals surface area (Å²) >= 11 is 0. The van der Waals surface area contributed by atoms with Crippen LogP contribution in [0.1, 0.15) is 41.5 Å². The van der Waals surface area contributed by atoms with E-state index >= 15 is 0 Å². The van der Waals surface area contributed by atoms with E-state index in [9.17, 15) is 0 Å². The van der Waals surface area contributed by atoms with Crippen molar-refractivity contribution in [3.05, 3.63) is 0 Å². The third-order valence-corrected chi connectivity index (χ3v) is 1.22. The fraction of sp³-hybridized carbons (Fsp3) is 0.833. The lowest BCUT2D eigenvalue weighted by Crippen LogP contribution is -2.43. The molecule has 0 saturated heterocycles. The minimum atomic E-state index is -0.833. The van der Waals surface area contributed by atoms with Gasteiger partial charge in [-0.15, -0.1) is 0 Å². The summed E-state index contributed by atoms with van der Waals surface area (Å²) in [5, 5.41) is 32.6. The maximum Gasteiger partial charge on any atom is 0.300 e. The molecule has 0 rings (SSSR count). The van der Waals surface area contributed by atoms with Gasteiger partial charge in [0.15, 0.2) is 0 Å². The molecule has 0 spiro atoms. The summed E-state index contributed by atoms with van der Waals surface area (Å²) in [5.74, 6) is -1.67. The fourth-order valence-electron chi connectivity index (χ4n) is 0.854. The standard InChI is InChI=1S/C8H18O3.2C2H4O2/c1-7(2,3)11-8(4,5-9)6-10;2*1-2(3)4/h9-10H,5-6H2,1-4H3;2*1H3,(H,3,4). The Morgan fingerprint density at radius 1 is 0.895 bits per heavy atom. The minimum Gasteiger partial charge on any atom is -0.481 e. The van der Waals surface area contributed by atoms with Gasteiger partial charge in [0.05, 0.1) is 18.8 Å². The monoisotopic (exact) mass is 282 g/mol. The largest absolute Gasteiger partial charge is 0.481 e. The molecule has 0 aromatic rings. The van der Waals surface area contributed by atoms with Gasteiger partial charge in [0.2, 0.25) is 0 Å². The Morgan fingerprint density at radius 3 is 1.16 bits per heavy atom. The highest BCUT2D eigenvalue weighted by atomic mass is 16.5. The van der Waals surface area contributed by atoms with E-state index in [-0.39, 0.29) is 18.8 Å². The van der Waals surface area contributed by atoms with E-state index in [0.29, 0.717) is 0 Å². The van der Waals surface area contributed by atoms with E-state index in [1.54, 1.807) is 6.92 Å². The Balaban J connectivity index is -0.000000264. The number of hydrogen-bond acceptors (Lipinski definition) is 5. The number of aliphatic hydroxyl groups excluding tert-OH is 2. The van der Waals surface area contributed by atoms with Gasteiger partial charge in [-0.05, 0) is 27.7 Å². The SMILES string of the molecule is CC(=O)O.CC(=O)O.CC(C)(C)OC(C)(CO)CO. The Bertz CT molecular complexity index is 231. The lowest BCUT2D eigenvalue weighted by atomic mass is 10.1. The van der Waals surface area contributed by atoms with Crippen molar-refractivity contribution in [2.75, 3.05) is 13.2 Å². The summed E-state index contributed by atoms with van der Waals surface area (Å²) in [6.45, 7) is 9.17. The third kappa shape index (κ3) is 31.6. The van der Waals surface area contributed by atoms with Gasteiger partial charge >= 0.3 is 0 Å². The number of aliphatic hydroxyl groups is 2. The molecular formula is C12H26O7. The molecular weight excluding hydrogens is 256 g/mol. The molecule has 0 aromatic heterocycles. The van der Waals surface area contributed by atoms with Gasteiger partial charge in [-0.2, -0.15) is 0 Å². The molecule has 0 amide bonds. The molecule has 0 aliphatic carbocycles. The first-order valence-corrected chi connectivity index (χ1v) is 5.60. The van der Waals surface area contributed by atoms with Crippen molar-refractivity contribution in [2.24, 2.45) is 0 Å². The molecule has 0 radical (unpaired) electrons. The zero-order chi connectivity index (χ0) is 16.3. The maximum atomic E-state index is 9.00. The zero-order valence-electron chi connectivity index (χ0n) is 12.4. The quantitative estimate of drug-likeness (QED) is 0.601. The maximum absolute atomic E-state index is 9.00. The predicted molar refractivity (Wildman–Crippen MR) is 70.0 cm³/mol. The summed E-state index contributed by atoms with van der Waals surface area (Å²) in [6.07, 6.45) is 0. The highest BCUT2D eigenvalue weighted by Crippen LogP contribution is 2.18. The number of carboxylic acid groups (broad SMARTS) is 2. The summed E-state index contributed by atoms with van der Waals surface area (Å²) < 4.78 is 5.42. The van der Waals surface area contributed by atoms with Crippen molar-refractivity contribution in [2.45, 2.75) is 52.7 Å². The van der Waals surface area contributed by atoms with Gasteiger partial charge in [0.1, 0.15) is 5.60 Å². The lowest BCUT2D eigenvalue weighted by Gasteiger charge is -2.33. The number of carbonyl (C=O) groups is 2. The molecule has 0 aromatic carbocycles. The second-order valence-corrected chi connectivity index (χ2v) is 5.02. The lowest BCUT2D eigenvalue weighted by molar-refractivity contribution is -0.161. The van der Waals surface area contributed by atoms with Gasteiger partial charge in [0.25, 0.3) is 11.9 Å². The van der Waals surface area contributed by atoms with E-state index < -0.39 is 17.5 Å². The molecule has 0 heterocycles. The smallest absolute Gasteiger partial charge is 0.300 e. The van der Waals surface area contributed by atoms with E-state index in [0.717, 1.165) is 13.8 Å². The molecule has 7 nitrogen and oxygen atoms in total. The Morgan fingerprint density at radius 2 is 1.11 bits per heavy atom. The molecule has 4 N–H and O–H groups in total. The van der Waals surface area contributed by atoms with Crippen molar-refractivity contribution in [1.82, 2.24) is 0 Å². The molecule has 0 unspecified atom stereocenters. The van der Waals surface area contributed by atoms with Crippen LogP contribution in [0.5, 0.6) is 0 Å². The van der Waals surface area contributed by atoms with Crippen LogP contribution in [-0.2, 0) is 14.3 Å². The van der Waals surface area contributed by atoms with Crippen LogP contribution in [0.25, 0.3) is 0 Å². The van der Waals surface area contributed by atoms with Crippen LogP contribution in [0.4, 0.5) is 0 Å². The number of rotatable bonds is 3. The fourth-order valence-corrected chi connectivity index (χ4v) is 0.854. The van der Waals surface area contributed by atoms with Gasteiger partial charge in [-0.3, -0.25) is 9.59 Å². The molecule has 0 aliphatic rings. The van der Waals surface area contributed by atoms with Gasteiger partial charge in [0, 0.05) is 13.8 Å². The number of ether oxygens (including phenoxy) is 1. The summed E-state index contributed by atoms with van der Waals surface area (Å²) in [7, 11) is 0. The van der Waals surface area contributed by atoms with Crippen LogP contribution >= 0.6 is 0 Å². The van der Waals surface area contributed by atoms with Gasteiger partial charge in [-0.1, -0.05) is 0 Å². The zero-order valence-corrected chi connectivity index (χ0v) is 12.4. The van der Waals surface area contributed by atoms with Crippen molar-refractivity contribution >= 4 is 11.9 Å². The van der Waals surface area contributed by atoms with Crippen molar-refractivity contribution < 1.29 is 34.8 Å². The first kappa shape index (κ1) is 23.0. The number of aliphatic carboxylic acids is 2. The van der Waals surface area contributed by atoms with Crippen LogP contribution in [0.3, 0.4) is 0 Å².